The lowest BCUT2D eigenvalue weighted by atomic mass is 10.2. The molecule has 6 nitrogen and oxygen atoms in total. The Balaban J connectivity index is 1.87. The zero-order valence-corrected chi connectivity index (χ0v) is 15.2. The van der Waals surface area contributed by atoms with Gasteiger partial charge in [-0.1, -0.05) is 24.3 Å². The van der Waals surface area contributed by atoms with Crippen LogP contribution in [0.25, 0.3) is 0 Å². The number of hydrogen-bond acceptors (Lipinski definition) is 4. The number of rotatable bonds is 5. The van der Waals surface area contributed by atoms with E-state index in [0.717, 1.165) is 0 Å². The molecule has 0 saturated carbocycles. The van der Waals surface area contributed by atoms with E-state index in [-0.39, 0.29) is 10.8 Å². The smallest absolute Gasteiger partial charge is 0.264 e. The lowest BCUT2D eigenvalue weighted by molar-refractivity contribution is 0.102. The highest BCUT2D eigenvalue weighted by atomic mass is 32.2. The molecule has 26 heavy (non-hydrogen) atoms. The van der Waals surface area contributed by atoms with Crippen molar-refractivity contribution in [3.8, 4) is 0 Å². The van der Waals surface area contributed by atoms with Gasteiger partial charge in [-0.15, -0.1) is 0 Å². The molecule has 1 aromatic heterocycles. The minimum atomic E-state index is -3.75. The number of furan rings is 1. The third kappa shape index (κ3) is 3.48. The van der Waals surface area contributed by atoms with Crippen molar-refractivity contribution in [2.24, 2.45) is 0 Å². The zero-order chi connectivity index (χ0) is 18.7. The second-order valence-electron chi connectivity index (χ2n) is 5.68. The van der Waals surface area contributed by atoms with Gasteiger partial charge in [0.1, 0.15) is 5.76 Å². The Hall–Kier alpha value is -3.06. The van der Waals surface area contributed by atoms with Gasteiger partial charge in [-0.2, -0.15) is 0 Å². The molecule has 7 heteroatoms. The SMILES string of the molecule is Cc1occc1C(=O)Nc1cccc(S(=O)(=O)N(C)c2ccccc2)c1. The molecule has 1 N–H and O–H groups in total. The largest absolute Gasteiger partial charge is 0.469 e. The number of amides is 1. The average molecular weight is 370 g/mol. The molecule has 0 spiro atoms. The van der Waals surface area contributed by atoms with Crippen molar-refractivity contribution in [1.29, 1.82) is 0 Å². The average Bonchev–Trinajstić information content (AvgIpc) is 3.08. The highest BCUT2D eigenvalue weighted by molar-refractivity contribution is 7.92. The summed E-state index contributed by atoms with van der Waals surface area (Å²) in [5.74, 6) is 0.136. The highest BCUT2D eigenvalue weighted by Gasteiger charge is 2.22. The number of sulfonamides is 1. The van der Waals surface area contributed by atoms with E-state index in [1.165, 1.54) is 29.7 Å². The first-order chi connectivity index (χ1) is 12.4. The Bertz CT molecular complexity index is 1030. The summed E-state index contributed by atoms with van der Waals surface area (Å²) in [7, 11) is -2.26. The molecule has 0 radical (unpaired) electrons. The summed E-state index contributed by atoms with van der Waals surface area (Å²) in [6, 6.07) is 16.5. The minimum absolute atomic E-state index is 0.0885. The standard InChI is InChI=1S/C19H18N2O4S/c1-14-18(11-12-25-14)19(22)20-15-7-6-10-17(13-15)26(23,24)21(2)16-8-4-3-5-9-16/h3-13H,1-2H3,(H,20,22). The summed E-state index contributed by atoms with van der Waals surface area (Å²) in [5.41, 5.74) is 1.34. The number of anilines is 2. The zero-order valence-electron chi connectivity index (χ0n) is 14.3. The molecule has 1 heterocycles. The maximum atomic E-state index is 12.9. The summed E-state index contributed by atoms with van der Waals surface area (Å²) < 4.78 is 32.0. The van der Waals surface area contributed by atoms with Crippen molar-refractivity contribution in [3.05, 3.63) is 78.3 Å². The van der Waals surface area contributed by atoms with Gasteiger partial charge in [-0.25, -0.2) is 8.42 Å². The molecule has 1 amide bonds. The molecule has 134 valence electrons. The molecule has 0 aliphatic carbocycles. The van der Waals surface area contributed by atoms with Gasteiger partial charge in [0, 0.05) is 12.7 Å². The number of nitrogens with zero attached hydrogens (tertiary/aromatic N) is 1. The van der Waals surface area contributed by atoms with Gasteiger partial charge in [0.2, 0.25) is 0 Å². The van der Waals surface area contributed by atoms with Gasteiger partial charge in [-0.05, 0) is 43.3 Å². The fourth-order valence-corrected chi connectivity index (χ4v) is 3.73. The molecule has 3 aromatic rings. The fourth-order valence-electron chi connectivity index (χ4n) is 2.49. The maximum absolute atomic E-state index is 12.9. The predicted molar refractivity (Wildman–Crippen MR) is 99.9 cm³/mol. The first-order valence-electron chi connectivity index (χ1n) is 7.89. The van der Waals surface area contributed by atoms with Crippen LogP contribution < -0.4 is 9.62 Å². The number of benzene rings is 2. The Morgan fingerprint density at radius 2 is 1.77 bits per heavy atom. The summed E-state index contributed by atoms with van der Waals surface area (Å²) in [5, 5.41) is 2.69. The van der Waals surface area contributed by atoms with Crippen molar-refractivity contribution < 1.29 is 17.6 Å². The Morgan fingerprint density at radius 1 is 1.04 bits per heavy atom. The first kappa shape index (κ1) is 17.8. The number of carbonyl (C=O) groups excluding carboxylic acids is 1. The molecule has 0 aliphatic rings. The molecule has 0 saturated heterocycles. The van der Waals surface area contributed by atoms with Crippen LogP contribution in [0.4, 0.5) is 11.4 Å². The molecule has 3 rings (SSSR count). The van der Waals surface area contributed by atoms with E-state index < -0.39 is 10.0 Å². The van der Waals surface area contributed by atoms with Crippen LogP contribution in [0.5, 0.6) is 0 Å². The molecule has 2 aromatic carbocycles. The quantitative estimate of drug-likeness (QED) is 0.743. The van der Waals surface area contributed by atoms with Crippen molar-refractivity contribution in [2.75, 3.05) is 16.7 Å². The molecule has 0 fully saturated rings. The number of para-hydroxylation sites is 1. The van der Waals surface area contributed by atoms with Crippen molar-refractivity contribution >= 4 is 27.3 Å². The summed E-state index contributed by atoms with van der Waals surface area (Å²) in [6.45, 7) is 1.69. The second-order valence-corrected chi connectivity index (χ2v) is 7.65. The van der Waals surface area contributed by atoms with E-state index in [1.807, 2.05) is 6.07 Å². The van der Waals surface area contributed by atoms with Crippen LogP contribution in [-0.2, 0) is 10.0 Å². The monoisotopic (exact) mass is 370 g/mol. The number of aryl methyl sites for hydroxylation is 1. The molecule has 0 aliphatic heterocycles. The Kier molecular flexibility index (Phi) is 4.81. The highest BCUT2D eigenvalue weighted by Crippen LogP contribution is 2.24. The maximum Gasteiger partial charge on any atom is 0.264 e. The van der Waals surface area contributed by atoms with Crippen LogP contribution in [0.2, 0.25) is 0 Å². The van der Waals surface area contributed by atoms with Crippen LogP contribution in [0, 0.1) is 6.92 Å². The minimum Gasteiger partial charge on any atom is -0.469 e. The summed E-state index contributed by atoms with van der Waals surface area (Å²) in [4.78, 5) is 12.4. The van der Waals surface area contributed by atoms with E-state index in [2.05, 4.69) is 5.32 Å². The normalized spacial score (nSPS) is 11.2. The number of hydrogen-bond donors (Lipinski definition) is 1. The van der Waals surface area contributed by atoms with Crippen molar-refractivity contribution in [2.45, 2.75) is 11.8 Å². The second kappa shape index (κ2) is 7.05. The van der Waals surface area contributed by atoms with Gasteiger partial charge in [0.05, 0.1) is 22.4 Å². The Labute approximate surface area is 152 Å². The van der Waals surface area contributed by atoms with E-state index in [0.29, 0.717) is 22.7 Å². The first-order valence-corrected chi connectivity index (χ1v) is 9.33. The lowest BCUT2D eigenvalue weighted by Gasteiger charge is -2.19. The van der Waals surface area contributed by atoms with E-state index in [1.54, 1.807) is 49.4 Å². The van der Waals surface area contributed by atoms with Gasteiger partial charge in [0.25, 0.3) is 15.9 Å². The van der Waals surface area contributed by atoms with Crippen LogP contribution in [0.1, 0.15) is 16.1 Å². The van der Waals surface area contributed by atoms with Crippen molar-refractivity contribution in [1.82, 2.24) is 0 Å². The third-order valence-electron chi connectivity index (χ3n) is 3.97. The van der Waals surface area contributed by atoms with Crippen LogP contribution >= 0.6 is 0 Å². The lowest BCUT2D eigenvalue weighted by Crippen LogP contribution is -2.26. The molecule has 0 bridgehead atoms. The van der Waals surface area contributed by atoms with Crippen LogP contribution in [-0.4, -0.2) is 21.4 Å². The van der Waals surface area contributed by atoms with Crippen LogP contribution in [0.3, 0.4) is 0 Å². The molecular weight excluding hydrogens is 352 g/mol. The van der Waals surface area contributed by atoms with E-state index >= 15 is 0 Å². The number of carbonyl (C=O) groups is 1. The third-order valence-corrected chi connectivity index (χ3v) is 5.76. The van der Waals surface area contributed by atoms with Crippen LogP contribution in [0.15, 0.2) is 76.2 Å². The number of nitrogens with one attached hydrogen (secondary N) is 1. The summed E-state index contributed by atoms with van der Waals surface area (Å²) >= 11 is 0. The van der Waals surface area contributed by atoms with Gasteiger partial charge >= 0.3 is 0 Å². The van der Waals surface area contributed by atoms with E-state index in [4.69, 9.17) is 4.42 Å². The van der Waals surface area contributed by atoms with Gasteiger partial charge in [-0.3, -0.25) is 9.10 Å². The molecular formula is C19H18N2O4S. The molecule has 0 atom stereocenters. The van der Waals surface area contributed by atoms with E-state index in [9.17, 15) is 13.2 Å². The van der Waals surface area contributed by atoms with Gasteiger partial charge in [0.15, 0.2) is 0 Å². The van der Waals surface area contributed by atoms with Crippen molar-refractivity contribution in [3.63, 3.8) is 0 Å². The molecule has 0 unspecified atom stereocenters. The Morgan fingerprint density at radius 3 is 2.42 bits per heavy atom. The topological polar surface area (TPSA) is 79.6 Å². The summed E-state index contributed by atoms with van der Waals surface area (Å²) in [6.07, 6.45) is 1.43. The van der Waals surface area contributed by atoms with Gasteiger partial charge < -0.3 is 9.73 Å². The predicted octanol–water partition coefficient (Wildman–Crippen LogP) is 3.67. The fraction of sp³-hybridized carbons (Fsp3) is 0.105.